The van der Waals surface area contributed by atoms with Gasteiger partial charge in [-0.15, -0.1) is 13.2 Å². The Morgan fingerprint density at radius 3 is 2.75 bits per heavy atom. The summed E-state index contributed by atoms with van der Waals surface area (Å²) in [7, 11) is 0. The summed E-state index contributed by atoms with van der Waals surface area (Å²) in [4.78, 5) is 3.62. The molecule has 16 heavy (non-hydrogen) atoms. The van der Waals surface area contributed by atoms with Crippen LogP contribution in [0.3, 0.4) is 0 Å². The number of aromatic nitrogens is 1. The lowest BCUT2D eigenvalue weighted by Crippen LogP contribution is -2.17. The minimum atomic E-state index is -4.83. The molecule has 0 aliphatic carbocycles. The van der Waals surface area contributed by atoms with Crippen LogP contribution in [0.25, 0.3) is 11.1 Å². The molecule has 1 heterocycles. The van der Waals surface area contributed by atoms with E-state index in [0.717, 1.165) is 6.39 Å². The van der Waals surface area contributed by atoms with Gasteiger partial charge in [0.25, 0.3) is 0 Å². The maximum Gasteiger partial charge on any atom is 0.573 e. The second-order valence-electron chi connectivity index (χ2n) is 2.75. The van der Waals surface area contributed by atoms with E-state index in [-0.39, 0.29) is 16.1 Å². The molecule has 0 N–H and O–H groups in total. The molecule has 0 spiro atoms. The van der Waals surface area contributed by atoms with Crippen molar-refractivity contribution < 1.29 is 22.3 Å². The second-order valence-corrected chi connectivity index (χ2v) is 4.01. The standard InChI is InChI=1S/C8H2BrClF3NO2/c9-3-1-4(10)7(16-8(11,12)13)5-6(3)15-2-14-5/h1-2H. The number of ether oxygens (including phenoxy) is 1. The molecule has 0 atom stereocenters. The number of halogens is 5. The van der Waals surface area contributed by atoms with E-state index in [0.29, 0.717) is 4.47 Å². The number of hydrogen-bond acceptors (Lipinski definition) is 3. The van der Waals surface area contributed by atoms with E-state index in [1.54, 1.807) is 0 Å². The number of hydrogen-bond donors (Lipinski definition) is 0. The number of rotatable bonds is 1. The molecule has 0 saturated carbocycles. The zero-order valence-corrected chi connectivity index (χ0v) is 9.65. The van der Waals surface area contributed by atoms with Crippen LogP contribution in [0.1, 0.15) is 0 Å². The van der Waals surface area contributed by atoms with Crippen LogP contribution in [0.2, 0.25) is 5.02 Å². The molecule has 0 saturated heterocycles. The first-order valence-corrected chi connectivity index (χ1v) is 5.02. The molecule has 8 heteroatoms. The third-order valence-corrected chi connectivity index (χ3v) is 2.56. The number of fused-ring (bicyclic) bond motifs is 1. The van der Waals surface area contributed by atoms with E-state index < -0.39 is 12.1 Å². The van der Waals surface area contributed by atoms with Gasteiger partial charge in [-0.1, -0.05) is 11.6 Å². The maximum atomic E-state index is 12.1. The molecule has 0 bridgehead atoms. The summed E-state index contributed by atoms with van der Waals surface area (Å²) in [6.07, 6.45) is -3.82. The molecule has 86 valence electrons. The monoisotopic (exact) mass is 315 g/mol. The molecular formula is C8H2BrClF3NO2. The topological polar surface area (TPSA) is 35.3 Å². The first-order valence-electron chi connectivity index (χ1n) is 3.85. The highest BCUT2D eigenvalue weighted by atomic mass is 79.9. The largest absolute Gasteiger partial charge is 0.573 e. The van der Waals surface area contributed by atoms with Crippen molar-refractivity contribution in [3.05, 3.63) is 22.0 Å². The van der Waals surface area contributed by atoms with Crippen molar-refractivity contribution >= 4 is 38.6 Å². The molecule has 0 aliphatic rings. The van der Waals surface area contributed by atoms with Crippen LogP contribution in [-0.2, 0) is 0 Å². The van der Waals surface area contributed by atoms with Crippen LogP contribution < -0.4 is 4.74 Å². The predicted molar refractivity (Wildman–Crippen MR) is 53.4 cm³/mol. The van der Waals surface area contributed by atoms with Gasteiger partial charge in [0.05, 0.1) is 9.50 Å². The van der Waals surface area contributed by atoms with Crippen molar-refractivity contribution in [1.29, 1.82) is 0 Å². The summed E-state index contributed by atoms with van der Waals surface area (Å²) in [6, 6.07) is 1.25. The van der Waals surface area contributed by atoms with Crippen molar-refractivity contribution in [3.8, 4) is 5.75 Å². The Balaban J connectivity index is 2.64. The van der Waals surface area contributed by atoms with Crippen LogP contribution >= 0.6 is 27.5 Å². The molecule has 0 fully saturated rings. The average Bonchev–Trinajstić information content (AvgIpc) is 2.59. The highest BCUT2D eigenvalue weighted by molar-refractivity contribution is 9.10. The number of alkyl halides is 3. The Morgan fingerprint density at radius 1 is 1.44 bits per heavy atom. The molecule has 0 unspecified atom stereocenters. The molecule has 1 aromatic carbocycles. The number of oxazole rings is 1. The molecular weight excluding hydrogens is 314 g/mol. The van der Waals surface area contributed by atoms with Gasteiger partial charge in [-0.05, 0) is 22.0 Å². The van der Waals surface area contributed by atoms with Crippen molar-refractivity contribution in [2.24, 2.45) is 0 Å². The first kappa shape index (κ1) is 11.5. The molecule has 3 nitrogen and oxygen atoms in total. The Kier molecular flexibility index (Phi) is 2.75. The SMILES string of the molecule is FC(F)(F)Oc1c(Cl)cc(Br)c2ocnc12. The zero-order valence-electron chi connectivity index (χ0n) is 7.31. The summed E-state index contributed by atoms with van der Waals surface area (Å²) < 4.78 is 45.4. The van der Waals surface area contributed by atoms with Crippen LogP contribution in [-0.4, -0.2) is 11.3 Å². The van der Waals surface area contributed by atoms with Gasteiger partial charge < -0.3 is 9.15 Å². The fourth-order valence-corrected chi connectivity index (χ4v) is 2.02. The number of benzene rings is 1. The molecule has 0 radical (unpaired) electrons. The number of nitrogens with zero attached hydrogens (tertiary/aromatic N) is 1. The van der Waals surface area contributed by atoms with E-state index in [4.69, 9.17) is 16.0 Å². The zero-order chi connectivity index (χ0) is 11.9. The van der Waals surface area contributed by atoms with Gasteiger partial charge in [-0.25, -0.2) is 4.98 Å². The minimum absolute atomic E-state index is 0.0864. The van der Waals surface area contributed by atoms with Crippen molar-refractivity contribution in [2.75, 3.05) is 0 Å². The molecule has 1 aromatic heterocycles. The van der Waals surface area contributed by atoms with Crippen LogP contribution in [0, 0.1) is 0 Å². The van der Waals surface area contributed by atoms with E-state index in [1.165, 1.54) is 6.07 Å². The Labute approximate surface area is 100 Å². The molecule has 0 amide bonds. The first-order chi connectivity index (χ1) is 7.38. The fourth-order valence-electron chi connectivity index (χ4n) is 1.15. The minimum Gasteiger partial charge on any atom is -0.442 e. The highest BCUT2D eigenvalue weighted by Gasteiger charge is 2.34. The van der Waals surface area contributed by atoms with Gasteiger partial charge in [0.15, 0.2) is 23.2 Å². The summed E-state index contributed by atoms with van der Waals surface area (Å²) in [5.74, 6) is -0.568. The summed E-state index contributed by atoms with van der Waals surface area (Å²) in [5, 5.41) is -0.203. The lowest BCUT2D eigenvalue weighted by molar-refractivity contribution is -0.274. The third-order valence-electron chi connectivity index (χ3n) is 1.69. The van der Waals surface area contributed by atoms with Crippen molar-refractivity contribution in [2.45, 2.75) is 6.36 Å². The molecule has 2 rings (SSSR count). The lowest BCUT2D eigenvalue weighted by Gasteiger charge is -2.10. The summed E-state index contributed by atoms with van der Waals surface area (Å²) in [6.45, 7) is 0. The predicted octanol–water partition coefficient (Wildman–Crippen LogP) is 4.14. The van der Waals surface area contributed by atoms with E-state index in [1.807, 2.05) is 0 Å². The van der Waals surface area contributed by atoms with Crippen molar-refractivity contribution in [3.63, 3.8) is 0 Å². The Morgan fingerprint density at radius 2 is 2.12 bits per heavy atom. The highest BCUT2D eigenvalue weighted by Crippen LogP contribution is 2.39. The van der Waals surface area contributed by atoms with Gasteiger partial charge in [-0.3, -0.25) is 0 Å². The quantitative estimate of drug-likeness (QED) is 0.793. The van der Waals surface area contributed by atoms with E-state index >= 15 is 0 Å². The lowest BCUT2D eigenvalue weighted by atomic mass is 10.3. The third kappa shape index (κ3) is 2.10. The molecule has 0 aliphatic heterocycles. The fraction of sp³-hybridized carbons (Fsp3) is 0.125. The molecule has 2 aromatic rings. The summed E-state index contributed by atoms with van der Waals surface area (Å²) in [5.41, 5.74) is 0.0559. The van der Waals surface area contributed by atoms with Gasteiger partial charge in [0, 0.05) is 0 Å². The van der Waals surface area contributed by atoms with Crippen LogP contribution in [0.5, 0.6) is 5.75 Å². The second kappa shape index (κ2) is 3.81. The smallest absolute Gasteiger partial charge is 0.442 e. The van der Waals surface area contributed by atoms with E-state index in [2.05, 4.69) is 25.7 Å². The van der Waals surface area contributed by atoms with Gasteiger partial charge in [0.2, 0.25) is 0 Å². The van der Waals surface area contributed by atoms with Crippen LogP contribution in [0.4, 0.5) is 13.2 Å². The van der Waals surface area contributed by atoms with Gasteiger partial charge >= 0.3 is 6.36 Å². The Bertz CT molecular complexity index is 540. The average molecular weight is 316 g/mol. The maximum absolute atomic E-state index is 12.1. The Hall–Kier alpha value is -0.950. The van der Waals surface area contributed by atoms with Gasteiger partial charge in [-0.2, -0.15) is 0 Å². The van der Waals surface area contributed by atoms with Crippen LogP contribution in [0.15, 0.2) is 21.3 Å². The van der Waals surface area contributed by atoms with E-state index in [9.17, 15) is 13.2 Å². The van der Waals surface area contributed by atoms with Gasteiger partial charge in [0.1, 0.15) is 0 Å². The normalized spacial score (nSPS) is 12.1. The van der Waals surface area contributed by atoms with Crippen molar-refractivity contribution in [1.82, 2.24) is 4.98 Å². The summed E-state index contributed by atoms with van der Waals surface area (Å²) >= 11 is 8.72.